The van der Waals surface area contributed by atoms with Gasteiger partial charge in [-0.25, -0.2) is 4.68 Å². The molecule has 0 radical (unpaired) electrons. The summed E-state index contributed by atoms with van der Waals surface area (Å²) in [5, 5.41) is 9.46. The summed E-state index contributed by atoms with van der Waals surface area (Å²) >= 11 is 6.32. The van der Waals surface area contributed by atoms with E-state index in [0.717, 1.165) is 17.5 Å². The van der Waals surface area contributed by atoms with Crippen LogP contribution in [0.2, 0.25) is 5.02 Å². The molecule has 1 fully saturated rings. The molecular formula is C20H22ClF3N4O3. The largest absolute Gasteiger partial charge is 0.497 e. The highest BCUT2D eigenvalue weighted by atomic mass is 35.5. The fourth-order valence-electron chi connectivity index (χ4n) is 3.89. The standard InChI is InChI=1S/C20H22ClF3N4O3/c1-30-12-6-4-11(5-7-12)14-9-15(20(22,23)24)28-18(26-14)16(21)17(27-28)19(29)25-10-13-3-2-8-31-13/h4-7,13-15,26H,2-3,8-10H2,1H3,(H,25,29). The number of ether oxygens (including phenoxy) is 2. The highest BCUT2D eigenvalue weighted by molar-refractivity contribution is 6.36. The summed E-state index contributed by atoms with van der Waals surface area (Å²) < 4.78 is 52.9. The van der Waals surface area contributed by atoms with Crippen LogP contribution in [0, 0.1) is 0 Å². The van der Waals surface area contributed by atoms with E-state index in [1.807, 2.05) is 0 Å². The fourth-order valence-corrected chi connectivity index (χ4v) is 4.15. The minimum Gasteiger partial charge on any atom is -0.497 e. The van der Waals surface area contributed by atoms with Gasteiger partial charge in [0.1, 0.15) is 16.6 Å². The molecule has 1 aromatic carbocycles. The average Bonchev–Trinajstić information content (AvgIpc) is 3.39. The molecule has 4 rings (SSSR count). The molecular weight excluding hydrogens is 437 g/mol. The van der Waals surface area contributed by atoms with Gasteiger partial charge in [-0.15, -0.1) is 0 Å². The third-order valence-corrected chi connectivity index (χ3v) is 5.90. The smallest absolute Gasteiger partial charge is 0.410 e. The summed E-state index contributed by atoms with van der Waals surface area (Å²) in [5.74, 6) is -0.0651. The van der Waals surface area contributed by atoms with Crippen LogP contribution >= 0.6 is 11.6 Å². The van der Waals surface area contributed by atoms with Crippen molar-refractivity contribution in [2.75, 3.05) is 25.6 Å². The number of carbonyl (C=O) groups is 1. The number of alkyl halides is 3. The van der Waals surface area contributed by atoms with E-state index in [0.29, 0.717) is 17.9 Å². The first-order valence-corrected chi connectivity index (χ1v) is 10.3. The molecule has 2 aliphatic heterocycles. The zero-order chi connectivity index (χ0) is 22.2. The predicted molar refractivity (Wildman–Crippen MR) is 108 cm³/mol. The molecule has 31 heavy (non-hydrogen) atoms. The van der Waals surface area contributed by atoms with Crippen molar-refractivity contribution in [2.24, 2.45) is 0 Å². The van der Waals surface area contributed by atoms with Gasteiger partial charge in [-0.2, -0.15) is 18.3 Å². The molecule has 1 amide bonds. The van der Waals surface area contributed by atoms with Crippen molar-refractivity contribution < 1.29 is 27.4 Å². The Hall–Kier alpha value is -2.46. The van der Waals surface area contributed by atoms with Gasteiger partial charge in [0.15, 0.2) is 11.7 Å². The molecule has 0 saturated carbocycles. The predicted octanol–water partition coefficient (Wildman–Crippen LogP) is 4.11. The first kappa shape index (κ1) is 21.8. The summed E-state index contributed by atoms with van der Waals surface area (Å²) in [4.78, 5) is 12.6. The van der Waals surface area contributed by atoms with Gasteiger partial charge < -0.3 is 20.1 Å². The van der Waals surface area contributed by atoms with Crippen molar-refractivity contribution in [3.63, 3.8) is 0 Å². The zero-order valence-electron chi connectivity index (χ0n) is 16.7. The van der Waals surface area contributed by atoms with Gasteiger partial charge in [0.05, 0.1) is 19.3 Å². The number of fused-ring (bicyclic) bond motifs is 1. The summed E-state index contributed by atoms with van der Waals surface area (Å²) in [6.45, 7) is 0.881. The molecule has 1 saturated heterocycles. The highest BCUT2D eigenvalue weighted by Gasteiger charge is 2.47. The van der Waals surface area contributed by atoms with Crippen LogP contribution in [0.5, 0.6) is 5.75 Å². The van der Waals surface area contributed by atoms with Crippen molar-refractivity contribution in [1.82, 2.24) is 15.1 Å². The van der Waals surface area contributed by atoms with Gasteiger partial charge in [-0.05, 0) is 30.5 Å². The Kier molecular flexibility index (Phi) is 6.02. The minimum absolute atomic E-state index is 0.0293. The average molecular weight is 459 g/mol. The molecule has 7 nitrogen and oxygen atoms in total. The van der Waals surface area contributed by atoms with E-state index < -0.39 is 24.2 Å². The number of hydrogen-bond acceptors (Lipinski definition) is 5. The van der Waals surface area contributed by atoms with Crippen LogP contribution in [0.25, 0.3) is 0 Å². The number of amides is 1. The van der Waals surface area contributed by atoms with Crippen molar-refractivity contribution in [3.8, 4) is 5.75 Å². The Labute approximate surface area is 181 Å². The molecule has 2 aliphatic rings. The number of benzene rings is 1. The Bertz CT molecular complexity index is 942. The quantitative estimate of drug-likeness (QED) is 0.705. The fraction of sp³-hybridized carbons (Fsp3) is 0.500. The number of nitrogens with zero attached hydrogens (tertiary/aromatic N) is 2. The van der Waals surface area contributed by atoms with Crippen LogP contribution in [-0.4, -0.2) is 48.2 Å². The van der Waals surface area contributed by atoms with E-state index >= 15 is 0 Å². The summed E-state index contributed by atoms with van der Waals surface area (Å²) in [6, 6.07) is 4.15. The van der Waals surface area contributed by atoms with E-state index in [4.69, 9.17) is 21.1 Å². The van der Waals surface area contributed by atoms with Gasteiger partial charge in [0, 0.05) is 19.6 Å². The van der Waals surface area contributed by atoms with Crippen molar-refractivity contribution >= 4 is 23.3 Å². The number of halogens is 4. The maximum absolute atomic E-state index is 13.9. The Morgan fingerprint density at radius 3 is 2.74 bits per heavy atom. The molecule has 0 aliphatic carbocycles. The lowest BCUT2D eigenvalue weighted by Gasteiger charge is -2.33. The van der Waals surface area contributed by atoms with Gasteiger partial charge in [0.25, 0.3) is 5.91 Å². The summed E-state index contributed by atoms with van der Waals surface area (Å²) in [5.41, 5.74) is 0.398. The number of hydrogen-bond donors (Lipinski definition) is 2. The second-order valence-electron chi connectivity index (χ2n) is 7.56. The van der Waals surface area contributed by atoms with Crippen LogP contribution in [0.3, 0.4) is 0 Å². The lowest BCUT2D eigenvalue weighted by atomic mass is 9.97. The third kappa shape index (κ3) is 4.45. The second-order valence-corrected chi connectivity index (χ2v) is 7.94. The van der Waals surface area contributed by atoms with E-state index in [-0.39, 0.29) is 35.6 Å². The molecule has 2 N–H and O–H groups in total. The van der Waals surface area contributed by atoms with E-state index in [1.54, 1.807) is 24.3 Å². The van der Waals surface area contributed by atoms with Crippen molar-refractivity contribution in [1.29, 1.82) is 0 Å². The van der Waals surface area contributed by atoms with Crippen LogP contribution in [-0.2, 0) is 4.74 Å². The number of rotatable bonds is 5. The Balaban J connectivity index is 1.61. The van der Waals surface area contributed by atoms with Crippen LogP contribution in [0.4, 0.5) is 19.0 Å². The molecule has 1 aromatic heterocycles. The minimum atomic E-state index is -4.57. The lowest BCUT2D eigenvalue weighted by Crippen LogP contribution is -2.36. The maximum Gasteiger partial charge on any atom is 0.410 e. The van der Waals surface area contributed by atoms with Gasteiger partial charge >= 0.3 is 6.18 Å². The number of carbonyl (C=O) groups excluding carboxylic acids is 1. The van der Waals surface area contributed by atoms with Crippen LogP contribution in [0.15, 0.2) is 24.3 Å². The highest BCUT2D eigenvalue weighted by Crippen LogP contribution is 2.46. The van der Waals surface area contributed by atoms with E-state index in [1.165, 1.54) is 7.11 Å². The first-order valence-electron chi connectivity index (χ1n) is 9.93. The number of nitrogens with one attached hydrogen (secondary N) is 2. The number of methoxy groups -OCH3 is 1. The summed E-state index contributed by atoms with van der Waals surface area (Å²) in [7, 11) is 1.51. The second kappa shape index (κ2) is 8.58. The number of aromatic nitrogens is 2. The summed E-state index contributed by atoms with van der Waals surface area (Å²) in [6.07, 6.45) is -3.25. The Morgan fingerprint density at radius 1 is 1.39 bits per heavy atom. The van der Waals surface area contributed by atoms with Gasteiger partial charge in [0.2, 0.25) is 0 Å². The molecule has 3 unspecified atom stereocenters. The molecule has 11 heteroatoms. The van der Waals surface area contributed by atoms with Crippen molar-refractivity contribution in [3.05, 3.63) is 40.5 Å². The molecule has 168 valence electrons. The van der Waals surface area contributed by atoms with E-state index in [2.05, 4.69) is 15.7 Å². The topological polar surface area (TPSA) is 77.4 Å². The molecule has 2 aromatic rings. The first-order chi connectivity index (χ1) is 14.8. The molecule has 0 bridgehead atoms. The van der Waals surface area contributed by atoms with Crippen molar-refractivity contribution in [2.45, 2.75) is 43.6 Å². The molecule has 3 atom stereocenters. The third-order valence-electron chi connectivity index (χ3n) is 5.54. The van der Waals surface area contributed by atoms with Crippen LogP contribution in [0.1, 0.15) is 47.4 Å². The maximum atomic E-state index is 13.9. The SMILES string of the molecule is COc1ccc(C2CC(C(F)(F)F)n3nc(C(=O)NCC4CCCO4)c(Cl)c3N2)cc1. The lowest BCUT2D eigenvalue weighted by molar-refractivity contribution is -0.173. The normalized spacial score (nSPS) is 23.2. The van der Waals surface area contributed by atoms with Gasteiger partial charge in [-0.3, -0.25) is 4.79 Å². The van der Waals surface area contributed by atoms with Crippen LogP contribution < -0.4 is 15.4 Å². The van der Waals surface area contributed by atoms with Gasteiger partial charge in [-0.1, -0.05) is 23.7 Å². The molecule has 0 spiro atoms. The van der Waals surface area contributed by atoms with E-state index in [9.17, 15) is 18.0 Å². The molecule has 3 heterocycles. The zero-order valence-corrected chi connectivity index (χ0v) is 17.5. The Morgan fingerprint density at radius 2 is 2.13 bits per heavy atom. The number of anilines is 1. The monoisotopic (exact) mass is 458 g/mol.